The molecule has 0 amide bonds. The van der Waals surface area contributed by atoms with Crippen molar-refractivity contribution in [1.82, 2.24) is 19.8 Å². The Hall–Kier alpha value is -1.62. The van der Waals surface area contributed by atoms with Crippen LogP contribution < -0.4 is 0 Å². The Morgan fingerprint density at radius 3 is 2.89 bits per heavy atom. The number of aromatic nitrogens is 3. The van der Waals surface area contributed by atoms with Crippen LogP contribution >= 0.6 is 0 Å². The standard InChI is InChI=1S/C14H20N4O/c1-10-7-13(16-19-10)14-5-4-6-18(14)9-12-8-17(3)15-11(12)2/h7-8,14H,4-6,9H2,1-3H3. The van der Waals surface area contributed by atoms with Crippen LogP contribution in [0.1, 0.15) is 41.6 Å². The summed E-state index contributed by atoms with van der Waals surface area (Å²) < 4.78 is 7.10. The average molecular weight is 260 g/mol. The Bertz CT molecular complexity index is 572. The molecule has 0 radical (unpaired) electrons. The van der Waals surface area contributed by atoms with E-state index in [-0.39, 0.29) is 0 Å². The maximum absolute atomic E-state index is 5.21. The minimum Gasteiger partial charge on any atom is -0.361 e. The van der Waals surface area contributed by atoms with Gasteiger partial charge in [-0.2, -0.15) is 5.10 Å². The van der Waals surface area contributed by atoms with Gasteiger partial charge in [0.15, 0.2) is 0 Å². The van der Waals surface area contributed by atoms with Gasteiger partial charge in [0.25, 0.3) is 0 Å². The molecule has 19 heavy (non-hydrogen) atoms. The van der Waals surface area contributed by atoms with Gasteiger partial charge in [0.05, 0.1) is 11.7 Å². The van der Waals surface area contributed by atoms with Crippen LogP contribution in [0.4, 0.5) is 0 Å². The Morgan fingerprint density at radius 1 is 1.42 bits per heavy atom. The lowest BCUT2D eigenvalue weighted by Gasteiger charge is -2.22. The Morgan fingerprint density at radius 2 is 2.26 bits per heavy atom. The molecule has 102 valence electrons. The highest BCUT2D eigenvalue weighted by Gasteiger charge is 2.29. The van der Waals surface area contributed by atoms with Gasteiger partial charge in [0, 0.05) is 31.4 Å². The third-order valence-electron chi connectivity index (χ3n) is 3.84. The fourth-order valence-electron chi connectivity index (χ4n) is 2.92. The predicted octanol–water partition coefficient (Wildman–Crippen LogP) is 2.36. The van der Waals surface area contributed by atoms with Gasteiger partial charge in [0.1, 0.15) is 11.5 Å². The van der Waals surface area contributed by atoms with Crippen LogP contribution in [0, 0.1) is 13.8 Å². The number of hydrogen-bond acceptors (Lipinski definition) is 4. The van der Waals surface area contributed by atoms with E-state index in [1.54, 1.807) is 0 Å². The van der Waals surface area contributed by atoms with Crippen LogP contribution in [0.5, 0.6) is 0 Å². The summed E-state index contributed by atoms with van der Waals surface area (Å²) in [5.41, 5.74) is 3.48. The molecule has 0 aromatic carbocycles. The van der Waals surface area contributed by atoms with E-state index in [4.69, 9.17) is 4.52 Å². The van der Waals surface area contributed by atoms with Crippen LogP contribution in [0.3, 0.4) is 0 Å². The van der Waals surface area contributed by atoms with Crippen molar-refractivity contribution in [2.24, 2.45) is 7.05 Å². The van der Waals surface area contributed by atoms with Crippen LogP contribution in [-0.2, 0) is 13.6 Å². The molecule has 1 aliphatic heterocycles. The van der Waals surface area contributed by atoms with Crippen molar-refractivity contribution < 1.29 is 4.52 Å². The second kappa shape index (κ2) is 4.81. The molecule has 1 saturated heterocycles. The molecule has 3 rings (SSSR count). The first kappa shape index (κ1) is 12.4. The molecule has 0 bridgehead atoms. The van der Waals surface area contributed by atoms with E-state index < -0.39 is 0 Å². The van der Waals surface area contributed by atoms with Crippen molar-refractivity contribution in [2.75, 3.05) is 6.54 Å². The minimum absolute atomic E-state index is 0.386. The zero-order valence-corrected chi connectivity index (χ0v) is 11.8. The summed E-state index contributed by atoms with van der Waals surface area (Å²) in [4.78, 5) is 2.47. The molecule has 0 spiro atoms. The van der Waals surface area contributed by atoms with Crippen molar-refractivity contribution in [3.8, 4) is 0 Å². The van der Waals surface area contributed by atoms with Gasteiger partial charge >= 0.3 is 0 Å². The molecule has 5 nitrogen and oxygen atoms in total. The highest BCUT2D eigenvalue weighted by Crippen LogP contribution is 2.32. The number of likely N-dealkylation sites (tertiary alicyclic amines) is 1. The zero-order chi connectivity index (χ0) is 13.4. The van der Waals surface area contributed by atoms with Crippen LogP contribution in [0.25, 0.3) is 0 Å². The first-order valence-electron chi connectivity index (χ1n) is 6.80. The van der Waals surface area contributed by atoms with Gasteiger partial charge in [-0.3, -0.25) is 9.58 Å². The molecule has 5 heteroatoms. The quantitative estimate of drug-likeness (QED) is 0.850. The summed E-state index contributed by atoms with van der Waals surface area (Å²) >= 11 is 0. The van der Waals surface area contributed by atoms with E-state index in [2.05, 4.69) is 34.3 Å². The van der Waals surface area contributed by atoms with E-state index in [1.165, 1.54) is 12.0 Å². The van der Waals surface area contributed by atoms with Gasteiger partial charge in [-0.25, -0.2) is 0 Å². The molecule has 1 fully saturated rings. The minimum atomic E-state index is 0.386. The van der Waals surface area contributed by atoms with Gasteiger partial charge in [0.2, 0.25) is 0 Å². The maximum Gasteiger partial charge on any atom is 0.133 e. The first-order chi connectivity index (χ1) is 9.13. The first-order valence-corrected chi connectivity index (χ1v) is 6.80. The van der Waals surface area contributed by atoms with Crippen molar-refractivity contribution in [2.45, 2.75) is 39.3 Å². The third kappa shape index (κ3) is 2.42. The van der Waals surface area contributed by atoms with Gasteiger partial charge in [-0.05, 0) is 33.2 Å². The lowest BCUT2D eigenvalue weighted by atomic mass is 10.1. The van der Waals surface area contributed by atoms with Crippen molar-refractivity contribution in [1.29, 1.82) is 0 Å². The van der Waals surface area contributed by atoms with Gasteiger partial charge < -0.3 is 4.52 Å². The topological polar surface area (TPSA) is 47.1 Å². The smallest absolute Gasteiger partial charge is 0.133 e. The van der Waals surface area contributed by atoms with Crippen molar-refractivity contribution >= 4 is 0 Å². The fraction of sp³-hybridized carbons (Fsp3) is 0.571. The molecule has 1 atom stereocenters. The maximum atomic E-state index is 5.21. The van der Waals surface area contributed by atoms with E-state index >= 15 is 0 Å². The summed E-state index contributed by atoms with van der Waals surface area (Å²) in [6, 6.07) is 2.44. The number of nitrogens with zero attached hydrogens (tertiary/aromatic N) is 4. The molecule has 0 saturated carbocycles. The molecule has 3 heterocycles. The normalized spacial score (nSPS) is 20.3. The number of aryl methyl sites for hydroxylation is 3. The summed E-state index contributed by atoms with van der Waals surface area (Å²) in [6.07, 6.45) is 4.49. The van der Waals surface area contributed by atoms with Crippen molar-refractivity contribution in [3.63, 3.8) is 0 Å². The Labute approximate surface area is 113 Å². The lowest BCUT2D eigenvalue weighted by Crippen LogP contribution is -2.23. The van der Waals surface area contributed by atoms with Crippen LogP contribution in [0.15, 0.2) is 16.8 Å². The molecule has 0 N–H and O–H groups in total. The zero-order valence-electron chi connectivity index (χ0n) is 11.8. The summed E-state index contributed by atoms with van der Waals surface area (Å²) in [6.45, 7) is 6.07. The molecule has 2 aromatic rings. The van der Waals surface area contributed by atoms with E-state index in [0.29, 0.717) is 6.04 Å². The van der Waals surface area contributed by atoms with E-state index in [1.807, 2.05) is 18.7 Å². The molecule has 0 aliphatic carbocycles. The second-order valence-electron chi connectivity index (χ2n) is 5.40. The molecular weight excluding hydrogens is 240 g/mol. The summed E-state index contributed by atoms with van der Waals surface area (Å²) in [5.74, 6) is 0.888. The highest BCUT2D eigenvalue weighted by atomic mass is 16.5. The largest absolute Gasteiger partial charge is 0.361 e. The van der Waals surface area contributed by atoms with Gasteiger partial charge in [-0.15, -0.1) is 0 Å². The molecule has 1 unspecified atom stereocenters. The SMILES string of the molecule is Cc1cc(C2CCCN2Cc2cn(C)nc2C)no1. The van der Waals surface area contributed by atoms with Crippen LogP contribution in [0.2, 0.25) is 0 Å². The summed E-state index contributed by atoms with van der Waals surface area (Å²) in [5, 5.41) is 8.59. The Balaban J connectivity index is 1.78. The second-order valence-corrected chi connectivity index (χ2v) is 5.40. The Kier molecular flexibility index (Phi) is 3.14. The van der Waals surface area contributed by atoms with Crippen molar-refractivity contribution in [3.05, 3.63) is 35.0 Å². The predicted molar refractivity (Wildman–Crippen MR) is 71.6 cm³/mol. The number of hydrogen-bond donors (Lipinski definition) is 0. The average Bonchev–Trinajstić information content (AvgIpc) is 3.02. The fourth-order valence-corrected chi connectivity index (χ4v) is 2.92. The molecule has 1 aliphatic rings. The van der Waals surface area contributed by atoms with E-state index in [9.17, 15) is 0 Å². The lowest BCUT2D eigenvalue weighted by molar-refractivity contribution is 0.236. The summed E-state index contributed by atoms with van der Waals surface area (Å²) in [7, 11) is 1.97. The van der Waals surface area contributed by atoms with Gasteiger partial charge in [-0.1, -0.05) is 5.16 Å². The van der Waals surface area contributed by atoms with Crippen LogP contribution in [-0.4, -0.2) is 26.4 Å². The monoisotopic (exact) mass is 260 g/mol. The van der Waals surface area contributed by atoms with E-state index in [0.717, 1.165) is 36.7 Å². The highest BCUT2D eigenvalue weighted by molar-refractivity contribution is 5.17. The molecular formula is C14H20N4O. The molecule has 2 aromatic heterocycles. The number of rotatable bonds is 3. The third-order valence-corrected chi connectivity index (χ3v) is 3.84.